The molecule has 0 aromatic carbocycles. The topological polar surface area (TPSA) is 124 Å². The normalized spacial score (nSPS) is 20.9. The molecule has 0 spiro atoms. The third kappa shape index (κ3) is 4.78. The number of carbonyl (C=O) groups is 1. The zero-order chi connectivity index (χ0) is 23.7. The van der Waals surface area contributed by atoms with Crippen LogP contribution in [0.4, 0.5) is 10.2 Å². The Kier molecular flexibility index (Phi) is 6.25. The number of pyridine rings is 3. The van der Waals surface area contributed by atoms with E-state index in [-0.39, 0.29) is 30.0 Å². The van der Waals surface area contributed by atoms with E-state index in [4.69, 9.17) is 10.5 Å². The van der Waals surface area contributed by atoms with Crippen molar-refractivity contribution in [2.24, 2.45) is 11.7 Å². The standard InChI is InChI=1S/C24H27FN6O3/c25-15-9-20-19(28-10-15)6-8-23(33)31(20)12-18(26)14-1-3-16(4-2-14)27-11-17-5-7-21-24(29-17)30-22(32)13-34-21/h5-10,14,16,18,27H,1-4,11-13,26H2,(H,29,30,32)/t14?,16?,18-/m0/s1. The first-order valence-corrected chi connectivity index (χ1v) is 11.5. The van der Waals surface area contributed by atoms with Crippen LogP contribution in [0.2, 0.25) is 0 Å². The van der Waals surface area contributed by atoms with E-state index < -0.39 is 5.82 Å². The maximum Gasteiger partial charge on any atom is 0.263 e. The third-order valence-corrected chi connectivity index (χ3v) is 6.68. The predicted molar refractivity (Wildman–Crippen MR) is 125 cm³/mol. The summed E-state index contributed by atoms with van der Waals surface area (Å²) in [5.41, 5.74) is 8.19. The molecule has 1 fully saturated rings. The zero-order valence-electron chi connectivity index (χ0n) is 18.7. The molecule has 2 aliphatic rings. The van der Waals surface area contributed by atoms with Crippen molar-refractivity contribution in [2.75, 3.05) is 11.9 Å². The number of nitrogens with one attached hydrogen (secondary N) is 2. The van der Waals surface area contributed by atoms with Crippen molar-refractivity contribution in [3.8, 4) is 5.75 Å². The molecule has 1 amide bonds. The first kappa shape index (κ1) is 22.4. The summed E-state index contributed by atoms with van der Waals surface area (Å²) in [5, 5.41) is 6.27. The van der Waals surface area contributed by atoms with E-state index in [1.54, 1.807) is 6.07 Å². The zero-order valence-corrected chi connectivity index (χ0v) is 18.7. The molecule has 9 nitrogen and oxygen atoms in total. The molecule has 3 aromatic heterocycles. The molecular weight excluding hydrogens is 439 g/mol. The van der Waals surface area contributed by atoms with Gasteiger partial charge < -0.3 is 25.7 Å². The lowest BCUT2D eigenvalue weighted by molar-refractivity contribution is -0.118. The van der Waals surface area contributed by atoms with Crippen LogP contribution >= 0.6 is 0 Å². The Balaban J connectivity index is 1.16. The highest BCUT2D eigenvalue weighted by molar-refractivity contribution is 5.94. The number of ether oxygens (including phenoxy) is 1. The molecule has 1 saturated carbocycles. The van der Waals surface area contributed by atoms with Gasteiger partial charge in [0.1, 0.15) is 5.82 Å². The summed E-state index contributed by atoms with van der Waals surface area (Å²) < 4.78 is 20.6. The van der Waals surface area contributed by atoms with Crippen LogP contribution in [0.5, 0.6) is 5.75 Å². The summed E-state index contributed by atoms with van der Waals surface area (Å²) in [6.07, 6.45) is 4.95. The van der Waals surface area contributed by atoms with Crippen LogP contribution in [0.3, 0.4) is 0 Å². The van der Waals surface area contributed by atoms with E-state index in [9.17, 15) is 14.0 Å². The lowest BCUT2D eigenvalue weighted by atomic mass is 9.81. The summed E-state index contributed by atoms with van der Waals surface area (Å²) in [6.45, 7) is 0.936. The molecule has 1 aliphatic carbocycles. The van der Waals surface area contributed by atoms with Gasteiger partial charge in [-0.15, -0.1) is 0 Å². The lowest BCUT2D eigenvalue weighted by Gasteiger charge is -2.33. The van der Waals surface area contributed by atoms with Gasteiger partial charge in [0.25, 0.3) is 11.5 Å². The Morgan fingerprint density at radius 2 is 2.03 bits per heavy atom. The Bertz CT molecular complexity index is 1270. The highest BCUT2D eigenvalue weighted by Crippen LogP contribution is 2.28. The molecule has 0 saturated heterocycles. The summed E-state index contributed by atoms with van der Waals surface area (Å²) in [5.74, 6) is 0.642. The highest BCUT2D eigenvalue weighted by atomic mass is 19.1. The summed E-state index contributed by atoms with van der Waals surface area (Å²) in [4.78, 5) is 32.5. The molecule has 0 radical (unpaired) electrons. The van der Waals surface area contributed by atoms with Crippen LogP contribution in [-0.2, 0) is 17.9 Å². The molecule has 5 rings (SSSR count). The third-order valence-electron chi connectivity index (χ3n) is 6.68. The fraction of sp³-hybridized carbons (Fsp3) is 0.417. The van der Waals surface area contributed by atoms with Gasteiger partial charge in [-0.2, -0.15) is 0 Å². The highest BCUT2D eigenvalue weighted by Gasteiger charge is 2.26. The van der Waals surface area contributed by atoms with Crippen LogP contribution in [0, 0.1) is 11.7 Å². The number of hydrogen-bond donors (Lipinski definition) is 3. The molecule has 1 aliphatic heterocycles. The molecule has 4 heterocycles. The van der Waals surface area contributed by atoms with Gasteiger partial charge in [-0.3, -0.25) is 14.6 Å². The van der Waals surface area contributed by atoms with E-state index in [2.05, 4.69) is 20.6 Å². The van der Waals surface area contributed by atoms with E-state index in [1.165, 1.54) is 16.7 Å². The fourth-order valence-corrected chi connectivity index (χ4v) is 4.79. The van der Waals surface area contributed by atoms with Crippen molar-refractivity contribution in [3.05, 3.63) is 58.4 Å². The Morgan fingerprint density at radius 1 is 1.21 bits per heavy atom. The molecule has 178 valence electrons. The summed E-state index contributed by atoms with van der Waals surface area (Å²) in [6, 6.07) is 8.24. The van der Waals surface area contributed by atoms with E-state index in [0.29, 0.717) is 41.7 Å². The van der Waals surface area contributed by atoms with Crippen LogP contribution < -0.4 is 26.7 Å². The minimum Gasteiger partial charge on any atom is -0.480 e. The van der Waals surface area contributed by atoms with Gasteiger partial charge >= 0.3 is 0 Å². The molecule has 1 atom stereocenters. The molecule has 34 heavy (non-hydrogen) atoms. The first-order chi connectivity index (χ1) is 16.5. The van der Waals surface area contributed by atoms with Gasteiger partial charge in [0, 0.05) is 37.3 Å². The number of aromatic nitrogens is 3. The average molecular weight is 467 g/mol. The Morgan fingerprint density at radius 3 is 2.85 bits per heavy atom. The lowest BCUT2D eigenvalue weighted by Crippen LogP contribution is -2.42. The second kappa shape index (κ2) is 9.47. The van der Waals surface area contributed by atoms with Crippen molar-refractivity contribution in [1.29, 1.82) is 0 Å². The van der Waals surface area contributed by atoms with Gasteiger partial charge in [-0.05, 0) is 49.8 Å². The minimum atomic E-state index is -0.477. The predicted octanol–water partition coefficient (Wildman–Crippen LogP) is 1.94. The van der Waals surface area contributed by atoms with Crippen molar-refractivity contribution in [2.45, 2.75) is 50.9 Å². The fourth-order valence-electron chi connectivity index (χ4n) is 4.79. The second-order valence-corrected chi connectivity index (χ2v) is 8.98. The van der Waals surface area contributed by atoms with Gasteiger partial charge in [-0.25, -0.2) is 9.37 Å². The van der Waals surface area contributed by atoms with Crippen molar-refractivity contribution < 1.29 is 13.9 Å². The number of fused-ring (bicyclic) bond motifs is 2. The molecule has 10 heteroatoms. The first-order valence-electron chi connectivity index (χ1n) is 11.5. The number of nitrogens with zero attached hydrogens (tertiary/aromatic N) is 3. The number of halogens is 1. The maximum absolute atomic E-state index is 13.7. The van der Waals surface area contributed by atoms with Crippen LogP contribution in [0.15, 0.2) is 41.3 Å². The number of hydrogen-bond acceptors (Lipinski definition) is 7. The van der Waals surface area contributed by atoms with E-state index in [0.717, 1.165) is 37.6 Å². The van der Waals surface area contributed by atoms with Gasteiger partial charge in [0.15, 0.2) is 18.2 Å². The number of carbonyl (C=O) groups excluding carboxylic acids is 1. The van der Waals surface area contributed by atoms with Crippen molar-refractivity contribution >= 4 is 22.8 Å². The number of rotatable bonds is 6. The van der Waals surface area contributed by atoms with Crippen molar-refractivity contribution in [3.63, 3.8) is 0 Å². The van der Waals surface area contributed by atoms with Gasteiger partial charge in [0.05, 0.1) is 22.9 Å². The van der Waals surface area contributed by atoms with E-state index >= 15 is 0 Å². The van der Waals surface area contributed by atoms with Crippen LogP contribution in [0.1, 0.15) is 31.4 Å². The monoisotopic (exact) mass is 466 g/mol. The molecule has 4 N–H and O–H groups in total. The largest absolute Gasteiger partial charge is 0.480 e. The molecule has 0 unspecified atom stereocenters. The Labute approximate surface area is 195 Å². The molecule has 0 bridgehead atoms. The quantitative estimate of drug-likeness (QED) is 0.507. The summed E-state index contributed by atoms with van der Waals surface area (Å²) in [7, 11) is 0. The maximum atomic E-state index is 13.7. The second-order valence-electron chi connectivity index (χ2n) is 8.98. The number of nitrogens with two attached hydrogens (primary N) is 1. The number of amides is 1. The average Bonchev–Trinajstić information content (AvgIpc) is 2.84. The van der Waals surface area contributed by atoms with Gasteiger partial charge in [-0.1, -0.05) is 0 Å². The van der Waals surface area contributed by atoms with Crippen LogP contribution in [-0.4, -0.2) is 39.1 Å². The number of anilines is 1. The molecular formula is C24H27FN6O3. The van der Waals surface area contributed by atoms with Crippen molar-refractivity contribution in [1.82, 2.24) is 19.9 Å². The smallest absolute Gasteiger partial charge is 0.263 e. The molecule has 3 aromatic rings. The minimum absolute atomic E-state index is 0.0144. The van der Waals surface area contributed by atoms with Gasteiger partial charge in [0.2, 0.25) is 0 Å². The van der Waals surface area contributed by atoms with Crippen LogP contribution in [0.25, 0.3) is 11.0 Å². The van der Waals surface area contributed by atoms with E-state index in [1.807, 2.05) is 12.1 Å². The summed E-state index contributed by atoms with van der Waals surface area (Å²) >= 11 is 0. The SMILES string of the molecule is N[C@@H](Cn1c(=O)ccc2ncc(F)cc21)C1CCC(NCc2ccc3c(n2)NC(=O)CO3)CC1. The Hall–Kier alpha value is -3.37.